The van der Waals surface area contributed by atoms with Crippen LogP contribution in [0.5, 0.6) is 6.01 Å². The maximum Gasteiger partial charge on any atom is 1.00 e. The van der Waals surface area contributed by atoms with E-state index < -0.39 is 32.5 Å². The van der Waals surface area contributed by atoms with Crippen molar-refractivity contribution in [3.63, 3.8) is 0 Å². The Morgan fingerprint density at radius 1 is 1.19 bits per heavy atom. The molecule has 0 saturated heterocycles. The molecule has 0 fully saturated rings. The first-order valence-electron chi connectivity index (χ1n) is 6.65. The van der Waals surface area contributed by atoms with E-state index in [9.17, 15) is 18.0 Å². The van der Waals surface area contributed by atoms with Crippen molar-refractivity contribution in [1.29, 1.82) is 0 Å². The Bertz CT molecular complexity index is 943. The van der Waals surface area contributed by atoms with Gasteiger partial charge < -0.3 is 11.3 Å². The SMILES string of the molecule is COc1nc(C)nc(NC(=O)NS(=O)(=O)c2ccccc2C(=O)O)n1.[H-].[Na+]. The van der Waals surface area contributed by atoms with Gasteiger partial charge in [-0.2, -0.15) is 15.0 Å². The van der Waals surface area contributed by atoms with Crippen molar-refractivity contribution < 1.29 is 58.8 Å². The number of sulfonamides is 1. The normalized spacial score (nSPS) is 10.4. The predicted molar refractivity (Wildman–Crippen MR) is 85.0 cm³/mol. The summed E-state index contributed by atoms with van der Waals surface area (Å²) in [4.78, 5) is 33.8. The average molecular weight is 391 g/mol. The minimum atomic E-state index is -4.43. The van der Waals surface area contributed by atoms with E-state index in [-0.39, 0.29) is 48.8 Å². The molecule has 2 aromatic rings. The minimum Gasteiger partial charge on any atom is -1.00 e. The number of nitrogens with one attached hydrogen (secondary N) is 2. The number of hydrogen-bond donors (Lipinski definition) is 3. The number of carboxylic acid groups (broad SMARTS) is 1. The van der Waals surface area contributed by atoms with Crippen molar-refractivity contribution in [2.24, 2.45) is 0 Å². The van der Waals surface area contributed by atoms with E-state index in [0.717, 1.165) is 12.1 Å². The molecular formula is C13H14N5NaO6S. The largest absolute Gasteiger partial charge is 1.00 e. The van der Waals surface area contributed by atoms with Crippen LogP contribution in [0.2, 0.25) is 0 Å². The van der Waals surface area contributed by atoms with Crippen LogP contribution < -0.4 is 44.3 Å². The Hall–Kier alpha value is -2.28. The molecule has 1 aromatic heterocycles. The summed E-state index contributed by atoms with van der Waals surface area (Å²) in [7, 11) is -3.11. The Labute approximate surface area is 172 Å². The smallest absolute Gasteiger partial charge is 1.00 e. The zero-order chi connectivity index (χ0) is 18.6. The third-order valence-corrected chi connectivity index (χ3v) is 4.16. The van der Waals surface area contributed by atoms with Crippen LogP contribution in [0.25, 0.3) is 0 Å². The summed E-state index contributed by atoms with van der Waals surface area (Å²) in [5, 5.41) is 11.2. The van der Waals surface area contributed by atoms with Crippen LogP contribution in [0.1, 0.15) is 17.6 Å². The van der Waals surface area contributed by atoms with Gasteiger partial charge in [-0.1, -0.05) is 12.1 Å². The van der Waals surface area contributed by atoms with Gasteiger partial charge in [0.15, 0.2) is 0 Å². The molecular weight excluding hydrogens is 377 g/mol. The summed E-state index contributed by atoms with van der Waals surface area (Å²) >= 11 is 0. The summed E-state index contributed by atoms with van der Waals surface area (Å²) in [6, 6.07) is 3.63. The number of carbonyl (C=O) groups excluding carboxylic acids is 1. The van der Waals surface area contributed by atoms with E-state index in [1.807, 2.05) is 0 Å². The quantitative estimate of drug-likeness (QED) is 0.469. The van der Waals surface area contributed by atoms with Crippen LogP contribution in [0.4, 0.5) is 10.7 Å². The second kappa shape index (κ2) is 8.89. The van der Waals surface area contributed by atoms with Gasteiger partial charge in [0.2, 0.25) is 5.95 Å². The molecule has 0 aliphatic rings. The summed E-state index contributed by atoms with van der Waals surface area (Å²) < 4.78 is 31.0. The number of anilines is 1. The fourth-order valence-electron chi connectivity index (χ4n) is 1.79. The molecule has 0 unspecified atom stereocenters. The number of carbonyl (C=O) groups is 2. The molecule has 26 heavy (non-hydrogen) atoms. The number of ether oxygens (including phenoxy) is 1. The van der Waals surface area contributed by atoms with E-state index in [0.29, 0.717) is 0 Å². The van der Waals surface area contributed by atoms with Gasteiger partial charge >= 0.3 is 47.6 Å². The molecule has 0 aliphatic heterocycles. The van der Waals surface area contributed by atoms with Crippen LogP contribution in [0.3, 0.4) is 0 Å². The fraction of sp³-hybridized carbons (Fsp3) is 0.154. The molecule has 3 N–H and O–H groups in total. The molecule has 0 aliphatic carbocycles. The molecule has 134 valence electrons. The van der Waals surface area contributed by atoms with Crippen molar-refractivity contribution in [2.45, 2.75) is 11.8 Å². The van der Waals surface area contributed by atoms with Crippen molar-refractivity contribution in [2.75, 3.05) is 12.4 Å². The summed E-state index contributed by atoms with van der Waals surface area (Å²) in [6.07, 6.45) is 0. The van der Waals surface area contributed by atoms with Crippen LogP contribution in [-0.4, -0.2) is 47.6 Å². The third-order valence-electron chi connectivity index (χ3n) is 2.77. The Morgan fingerprint density at radius 2 is 1.85 bits per heavy atom. The zero-order valence-corrected chi connectivity index (χ0v) is 16.9. The molecule has 0 spiro atoms. The first kappa shape index (κ1) is 21.8. The van der Waals surface area contributed by atoms with Gasteiger partial charge in [-0.15, -0.1) is 0 Å². The molecule has 13 heteroatoms. The van der Waals surface area contributed by atoms with E-state index in [1.54, 1.807) is 4.72 Å². The van der Waals surface area contributed by atoms with E-state index in [4.69, 9.17) is 9.84 Å². The number of aryl methyl sites for hydroxylation is 1. The minimum absolute atomic E-state index is 0. The number of urea groups is 1. The van der Waals surface area contributed by atoms with Crippen molar-refractivity contribution >= 4 is 28.0 Å². The van der Waals surface area contributed by atoms with Gasteiger partial charge in [0.05, 0.1) is 12.7 Å². The van der Waals surface area contributed by atoms with Crippen LogP contribution in [-0.2, 0) is 10.0 Å². The second-order valence-corrected chi connectivity index (χ2v) is 6.20. The monoisotopic (exact) mass is 391 g/mol. The summed E-state index contributed by atoms with van der Waals surface area (Å²) in [6.45, 7) is 1.52. The maximum atomic E-state index is 12.2. The molecule has 2 rings (SSSR count). The number of nitrogens with zero attached hydrogens (tertiary/aromatic N) is 3. The van der Waals surface area contributed by atoms with E-state index in [1.165, 1.54) is 26.2 Å². The molecule has 1 heterocycles. The Morgan fingerprint density at radius 3 is 2.46 bits per heavy atom. The summed E-state index contributed by atoms with van der Waals surface area (Å²) in [5.41, 5.74) is -0.472. The topological polar surface area (TPSA) is 160 Å². The molecule has 0 bridgehead atoms. The Balaban J connectivity index is 0.00000338. The molecule has 0 radical (unpaired) electrons. The van der Waals surface area contributed by atoms with Gasteiger partial charge in [0.25, 0.3) is 10.0 Å². The first-order chi connectivity index (χ1) is 11.7. The van der Waals surface area contributed by atoms with E-state index >= 15 is 0 Å². The van der Waals surface area contributed by atoms with Gasteiger partial charge in [0, 0.05) is 0 Å². The molecule has 0 atom stereocenters. The number of hydrogen-bond acceptors (Lipinski definition) is 8. The molecule has 2 amide bonds. The van der Waals surface area contributed by atoms with Crippen LogP contribution in [0.15, 0.2) is 29.2 Å². The molecule has 0 saturated carbocycles. The fourth-order valence-corrected chi connectivity index (χ4v) is 2.89. The second-order valence-electron chi connectivity index (χ2n) is 4.55. The predicted octanol–water partition coefficient (Wildman–Crippen LogP) is -2.49. The van der Waals surface area contributed by atoms with Crippen molar-refractivity contribution in [1.82, 2.24) is 19.7 Å². The third kappa shape index (κ3) is 5.36. The van der Waals surface area contributed by atoms with E-state index in [2.05, 4.69) is 20.3 Å². The first-order valence-corrected chi connectivity index (χ1v) is 8.14. The van der Waals surface area contributed by atoms with Gasteiger partial charge in [-0.05, 0) is 19.1 Å². The van der Waals surface area contributed by atoms with Crippen LogP contribution in [0, 0.1) is 6.92 Å². The average Bonchev–Trinajstić information content (AvgIpc) is 2.53. The Kier molecular flexibility index (Phi) is 7.44. The number of aromatic nitrogens is 3. The van der Waals surface area contributed by atoms with Crippen molar-refractivity contribution in [3.8, 4) is 6.01 Å². The van der Waals surface area contributed by atoms with Crippen LogP contribution >= 0.6 is 0 Å². The van der Waals surface area contributed by atoms with Gasteiger partial charge in [-0.3, -0.25) is 5.32 Å². The number of carboxylic acids is 1. The van der Waals surface area contributed by atoms with Gasteiger partial charge in [-0.25, -0.2) is 22.7 Å². The van der Waals surface area contributed by atoms with Crippen molar-refractivity contribution in [3.05, 3.63) is 35.7 Å². The number of rotatable bonds is 5. The van der Waals surface area contributed by atoms with Gasteiger partial charge in [0.1, 0.15) is 10.7 Å². The maximum absolute atomic E-state index is 12.2. The zero-order valence-electron chi connectivity index (χ0n) is 15.0. The molecule has 11 nitrogen and oxygen atoms in total. The number of amides is 2. The number of aromatic carboxylic acids is 1. The summed E-state index contributed by atoms with van der Waals surface area (Å²) in [5.74, 6) is -1.44. The molecule has 1 aromatic carbocycles. The number of methoxy groups -OCH3 is 1. The standard InChI is InChI=1S/C13H13N5O6S.Na.H/c1-7-14-11(17-13(15-7)24-2)16-12(21)18-25(22,23)9-6-4-3-5-8(9)10(19)20;;/h3-6H,1-2H3,(H,19,20)(H2,14,15,16,17,18,21);;/q;+1;-1. The number of benzene rings is 1.